The van der Waals surface area contributed by atoms with Gasteiger partial charge in [0, 0.05) is 16.8 Å². The molecule has 2 aromatic rings. The summed E-state index contributed by atoms with van der Waals surface area (Å²) in [5.74, 6) is -1.02. The minimum Gasteiger partial charge on any atom is -0.504 e. The molecule has 21 heavy (non-hydrogen) atoms. The van der Waals surface area contributed by atoms with E-state index in [9.17, 15) is 20.0 Å². The third-order valence-corrected chi connectivity index (χ3v) is 2.71. The van der Waals surface area contributed by atoms with Crippen LogP contribution in [0.2, 0.25) is 5.02 Å². The van der Waals surface area contributed by atoms with Crippen molar-refractivity contribution in [1.82, 2.24) is 0 Å². The second kappa shape index (κ2) is 6.10. The van der Waals surface area contributed by atoms with Gasteiger partial charge in [0.1, 0.15) is 0 Å². The fourth-order valence-corrected chi connectivity index (χ4v) is 1.66. The molecule has 0 aliphatic carbocycles. The van der Waals surface area contributed by atoms with Crippen LogP contribution in [-0.4, -0.2) is 16.1 Å². The molecule has 0 spiro atoms. The van der Waals surface area contributed by atoms with Gasteiger partial charge >= 0.3 is 11.8 Å². The first-order chi connectivity index (χ1) is 9.97. The Morgan fingerprint density at radius 2 is 1.90 bits per heavy atom. The highest BCUT2D eigenvalue weighted by Gasteiger charge is 2.21. The van der Waals surface area contributed by atoms with E-state index in [0.29, 0.717) is 10.7 Å². The number of aromatic hydroxyl groups is 1. The maximum atomic E-state index is 11.7. The third-order valence-electron chi connectivity index (χ3n) is 2.46. The summed E-state index contributed by atoms with van der Waals surface area (Å²) >= 11 is 5.70. The van der Waals surface area contributed by atoms with E-state index < -0.39 is 28.2 Å². The van der Waals surface area contributed by atoms with E-state index in [-0.39, 0.29) is 0 Å². The molecule has 2 N–H and O–H groups in total. The molecule has 0 aliphatic heterocycles. The Bertz CT molecular complexity index is 687. The van der Waals surface area contributed by atoms with E-state index in [1.165, 1.54) is 24.3 Å². The highest BCUT2D eigenvalue weighted by atomic mass is 35.5. The van der Waals surface area contributed by atoms with Crippen molar-refractivity contribution < 1.29 is 19.6 Å². The van der Waals surface area contributed by atoms with Crippen molar-refractivity contribution in [2.75, 3.05) is 5.32 Å². The van der Waals surface area contributed by atoms with Gasteiger partial charge in [-0.25, -0.2) is 4.79 Å². The molecule has 0 aliphatic rings. The molecule has 0 unspecified atom stereocenters. The van der Waals surface area contributed by atoms with Crippen molar-refractivity contribution >= 4 is 29.1 Å². The molecule has 8 heteroatoms. The minimum absolute atomic E-state index is 0.391. The molecule has 108 valence electrons. The van der Waals surface area contributed by atoms with Gasteiger partial charge in [0.15, 0.2) is 5.75 Å². The van der Waals surface area contributed by atoms with Gasteiger partial charge in [0.2, 0.25) is 0 Å². The molecule has 0 aromatic heterocycles. The van der Waals surface area contributed by atoms with E-state index in [1.807, 2.05) is 0 Å². The van der Waals surface area contributed by atoms with Crippen LogP contribution in [0.3, 0.4) is 0 Å². The molecule has 0 atom stereocenters. The van der Waals surface area contributed by atoms with Crippen molar-refractivity contribution in [2.24, 2.45) is 0 Å². The number of carbonyl (C=O) groups is 1. The Kier molecular flexibility index (Phi) is 4.24. The summed E-state index contributed by atoms with van der Waals surface area (Å²) in [6.07, 6.45) is -0.970. The van der Waals surface area contributed by atoms with Gasteiger partial charge in [-0.15, -0.1) is 0 Å². The number of halogens is 1. The normalized spacial score (nSPS) is 9.95. The summed E-state index contributed by atoms with van der Waals surface area (Å²) in [5, 5.41) is 23.2. The predicted octanol–water partition coefficient (Wildman–Crippen LogP) is 3.56. The number of anilines is 1. The standard InChI is InChI=1S/C13H9ClN2O5/c14-8-4-6-9(7-5-8)15-13(18)21-12-10(16(19)20)2-1-3-11(12)17/h1-7,17H,(H,15,18). The van der Waals surface area contributed by atoms with Crippen molar-refractivity contribution in [3.05, 3.63) is 57.6 Å². The Hall–Kier alpha value is -2.80. The fraction of sp³-hybridized carbons (Fsp3) is 0. The second-order valence-corrected chi connectivity index (χ2v) is 4.34. The van der Waals surface area contributed by atoms with E-state index in [1.54, 1.807) is 12.1 Å². The molecule has 7 nitrogen and oxygen atoms in total. The van der Waals surface area contributed by atoms with Gasteiger partial charge in [-0.3, -0.25) is 15.4 Å². The minimum atomic E-state index is -0.970. The molecular formula is C13H9ClN2O5. The first-order valence-electron chi connectivity index (χ1n) is 5.68. The molecule has 0 saturated carbocycles. The lowest BCUT2D eigenvalue weighted by Gasteiger charge is -2.08. The first kappa shape index (κ1) is 14.6. The summed E-state index contributed by atoms with van der Waals surface area (Å²) in [6.45, 7) is 0. The number of para-hydroxylation sites is 1. The summed E-state index contributed by atoms with van der Waals surface area (Å²) in [6, 6.07) is 9.74. The van der Waals surface area contributed by atoms with Crippen molar-refractivity contribution in [3.63, 3.8) is 0 Å². The molecule has 0 fully saturated rings. The zero-order valence-electron chi connectivity index (χ0n) is 10.4. The molecule has 1 amide bonds. The highest BCUT2D eigenvalue weighted by Crippen LogP contribution is 2.35. The Labute approximate surface area is 123 Å². The molecular weight excluding hydrogens is 300 g/mol. The largest absolute Gasteiger partial charge is 0.504 e. The third kappa shape index (κ3) is 3.61. The van der Waals surface area contributed by atoms with E-state index in [2.05, 4.69) is 5.32 Å². The summed E-state index contributed by atoms with van der Waals surface area (Å²) < 4.78 is 4.80. The lowest BCUT2D eigenvalue weighted by molar-refractivity contribution is -0.385. The molecule has 2 aromatic carbocycles. The smallest absolute Gasteiger partial charge is 0.417 e. The average molecular weight is 309 g/mol. The maximum Gasteiger partial charge on any atom is 0.417 e. The number of rotatable bonds is 3. The number of nitro benzene ring substituents is 1. The summed E-state index contributed by atoms with van der Waals surface area (Å²) in [5.41, 5.74) is -0.122. The van der Waals surface area contributed by atoms with Crippen LogP contribution in [0.4, 0.5) is 16.2 Å². The van der Waals surface area contributed by atoms with Gasteiger partial charge in [0.25, 0.3) is 5.75 Å². The monoisotopic (exact) mass is 308 g/mol. The van der Waals surface area contributed by atoms with Crippen molar-refractivity contribution in [2.45, 2.75) is 0 Å². The SMILES string of the molecule is O=C(Nc1ccc(Cl)cc1)Oc1c(O)cccc1[N+](=O)[O-]. The quantitative estimate of drug-likeness (QED) is 0.666. The van der Waals surface area contributed by atoms with Crippen LogP contribution in [0.5, 0.6) is 11.5 Å². The van der Waals surface area contributed by atoms with Crippen LogP contribution in [0, 0.1) is 10.1 Å². The van der Waals surface area contributed by atoms with E-state index in [4.69, 9.17) is 16.3 Å². The number of benzene rings is 2. The molecule has 0 bridgehead atoms. The Morgan fingerprint density at radius 1 is 1.24 bits per heavy atom. The van der Waals surface area contributed by atoms with E-state index >= 15 is 0 Å². The number of amides is 1. The number of hydrogen-bond acceptors (Lipinski definition) is 5. The zero-order chi connectivity index (χ0) is 15.4. The molecule has 2 rings (SSSR count). The number of carbonyl (C=O) groups excluding carboxylic acids is 1. The van der Waals surface area contributed by atoms with Crippen molar-refractivity contribution in [3.8, 4) is 11.5 Å². The number of nitro groups is 1. The zero-order valence-corrected chi connectivity index (χ0v) is 11.2. The van der Waals surface area contributed by atoms with Crippen LogP contribution >= 0.6 is 11.6 Å². The Morgan fingerprint density at radius 3 is 2.52 bits per heavy atom. The van der Waals surface area contributed by atoms with E-state index in [0.717, 1.165) is 6.07 Å². The second-order valence-electron chi connectivity index (χ2n) is 3.90. The number of phenols is 1. The van der Waals surface area contributed by atoms with Gasteiger partial charge in [-0.05, 0) is 30.3 Å². The predicted molar refractivity (Wildman–Crippen MR) is 75.9 cm³/mol. The average Bonchev–Trinajstić information content (AvgIpc) is 2.43. The number of hydrogen-bond donors (Lipinski definition) is 2. The van der Waals surface area contributed by atoms with Gasteiger partial charge < -0.3 is 9.84 Å². The van der Waals surface area contributed by atoms with Gasteiger partial charge in [-0.2, -0.15) is 0 Å². The summed E-state index contributed by atoms with van der Waals surface area (Å²) in [4.78, 5) is 21.8. The van der Waals surface area contributed by atoms with Crippen molar-refractivity contribution in [1.29, 1.82) is 0 Å². The maximum absolute atomic E-state index is 11.7. The van der Waals surface area contributed by atoms with Crippen LogP contribution in [0.15, 0.2) is 42.5 Å². The number of phenolic OH excluding ortho intramolecular Hbond substituents is 1. The Balaban J connectivity index is 2.16. The van der Waals surface area contributed by atoms with Gasteiger partial charge in [-0.1, -0.05) is 17.7 Å². The first-order valence-corrected chi connectivity index (χ1v) is 6.06. The molecule has 0 radical (unpaired) electrons. The molecule has 0 saturated heterocycles. The molecule has 0 heterocycles. The van der Waals surface area contributed by atoms with Crippen LogP contribution < -0.4 is 10.1 Å². The van der Waals surface area contributed by atoms with Crippen LogP contribution in [0.1, 0.15) is 0 Å². The van der Waals surface area contributed by atoms with Crippen LogP contribution in [0.25, 0.3) is 0 Å². The lowest BCUT2D eigenvalue weighted by Crippen LogP contribution is -2.17. The number of nitrogens with one attached hydrogen (secondary N) is 1. The topological polar surface area (TPSA) is 102 Å². The van der Waals surface area contributed by atoms with Gasteiger partial charge in [0.05, 0.1) is 4.92 Å². The number of ether oxygens (including phenoxy) is 1. The lowest BCUT2D eigenvalue weighted by atomic mass is 10.3. The number of nitrogens with zero attached hydrogens (tertiary/aromatic N) is 1. The highest BCUT2D eigenvalue weighted by molar-refractivity contribution is 6.30. The van der Waals surface area contributed by atoms with Crippen LogP contribution in [-0.2, 0) is 0 Å². The summed E-state index contributed by atoms with van der Waals surface area (Å²) in [7, 11) is 0. The fourth-order valence-electron chi connectivity index (χ4n) is 1.53.